The molecular formula is C21H18BrCl2N7O. The van der Waals surface area contributed by atoms with Crippen LogP contribution in [0.4, 0.5) is 11.6 Å². The summed E-state index contributed by atoms with van der Waals surface area (Å²) >= 11 is 16.1. The monoisotopic (exact) mass is 533 g/mol. The largest absolute Gasteiger partial charge is 0.321 e. The molecule has 8 nitrogen and oxygen atoms in total. The molecule has 4 heterocycles. The van der Waals surface area contributed by atoms with Gasteiger partial charge in [-0.2, -0.15) is 5.10 Å². The van der Waals surface area contributed by atoms with Crippen molar-refractivity contribution in [2.75, 3.05) is 18.4 Å². The Kier molecular flexibility index (Phi) is 5.90. The number of hydrogen-bond acceptors (Lipinski definition) is 6. The van der Waals surface area contributed by atoms with Gasteiger partial charge in [0.05, 0.1) is 49.0 Å². The molecule has 0 aliphatic carbocycles. The normalized spacial score (nSPS) is 14.7. The van der Waals surface area contributed by atoms with E-state index in [-0.39, 0.29) is 5.56 Å². The lowest BCUT2D eigenvalue weighted by Gasteiger charge is -2.22. The van der Waals surface area contributed by atoms with E-state index in [1.165, 1.54) is 10.8 Å². The third kappa shape index (κ3) is 4.01. The van der Waals surface area contributed by atoms with Gasteiger partial charge in [0.2, 0.25) is 5.95 Å². The second-order valence-electron chi connectivity index (χ2n) is 7.49. The van der Waals surface area contributed by atoms with Crippen molar-refractivity contribution in [1.29, 1.82) is 0 Å². The Bertz CT molecular complexity index is 1340. The van der Waals surface area contributed by atoms with Crippen molar-refractivity contribution in [2.45, 2.75) is 18.9 Å². The standard InChI is InChI=1S/C21H18BrCl2N7O/c22-15-11-30(19-16(23)2-1-3-17(19)24)20(32)14-9-26-21(29-18(14)15)28-12-8-27-31(10-12)13-4-6-25-7-5-13/h1-3,8-11,13,25H,4-7H2,(H,26,28,29). The van der Waals surface area contributed by atoms with Gasteiger partial charge in [-0.1, -0.05) is 29.3 Å². The predicted molar refractivity (Wildman–Crippen MR) is 130 cm³/mol. The highest BCUT2D eigenvalue weighted by Gasteiger charge is 2.17. The molecule has 4 aromatic rings. The maximum absolute atomic E-state index is 13.1. The molecule has 0 spiro atoms. The molecule has 1 aliphatic rings. The Morgan fingerprint density at radius 1 is 1.12 bits per heavy atom. The quantitative estimate of drug-likeness (QED) is 0.394. The first-order valence-corrected chi connectivity index (χ1v) is 11.6. The van der Waals surface area contributed by atoms with Crippen LogP contribution in [0.5, 0.6) is 0 Å². The highest BCUT2D eigenvalue weighted by Crippen LogP contribution is 2.30. The summed E-state index contributed by atoms with van der Waals surface area (Å²) in [5.41, 5.74) is 1.37. The van der Waals surface area contributed by atoms with E-state index in [4.69, 9.17) is 23.2 Å². The zero-order valence-electron chi connectivity index (χ0n) is 16.7. The Morgan fingerprint density at radius 2 is 1.88 bits per heavy atom. The van der Waals surface area contributed by atoms with Crippen molar-refractivity contribution >= 4 is 61.7 Å². The topological polar surface area (TPSA) is 89.7 Å². The number of nitrogens with zero attached hydrogens (tertiary/aromatic N) is 5. The van der Waals surface area contributed by atoms with E-state index in [1.807, 2.05) is 10.9 Å². The van der Waals surface area contributed by atoms with Gasteiger partial charge in [0.15, 0.2) is 0 Å². The van der Waals surface area contributed by atoms with Crippen LogP contribution >= 0.6 is 39.1 Å². The molecule has 11 heteroatoms. The van der Waals surface area contributed by atoms with Gasteiger partial charge in [-0.3, -0.25) is 14.0 Å². The van der Waals surface area contributed by atoms with Crippen molar-refractivity contribution in [3.8, 4) is 5.69 Å². The average Bonchev–Trinajstić information content (AvgIpc) is 3.26. The van der Waals surface area contributed by atoms with Gasteiger partial charge >= 0.3 is 0 Å². The number of anilines is 2. The predicted octanol–water partition coefficient (Wildman–Crippen LogP) is 4.71. The lowest BCUT2D eigenvalue weighted by atomic mass is 10.1. The second kappa shape index (κ2) is 8.82. The molecule has 2 N–H and O–H groups in total. The molecule has 1 fully saturated rings. The molecule has 1 aliphatic heterocycles. The fourth-order valence-electron chi connectivity index (χ4n) is 3.83. The van der Waals surface area contributed by atoms with Gasteiger partial charge in [-0.25, -0.2) is 9.97 Å². The lowest BCUT2D eigenvalue weighted by Crippen LogP contribution is -2.29. The molecule has 32 heavy (non-hydrogen) atoms. The summed E-state index contributed by atoms with van der Waals surface area (Å²) in [6.45, 7) is 1.98. The van der Waals surface area contributed by atoms with Crippen molar-refractivity contribution in [1.82, 2.24) is 29.6 Å². The Morgan fingerprint density at radius 3 is 2.62 bits per heavy atom. The summed E-state index contributed by atoms with van der Waals surface area (Å²) in [4.78, 5) is 22.0. The number of rotatable bonds is 4. The van der Waals surface area contributed by atoms with Gasteiger partial charge in [0, 0.05) is 18.6 Å². The van der Waals surface area contributed by atoms with E-state index < -0.39 is 0 Å². The number of benzene rings is 1. The summed E-state index contributed by atoms with van der Waals surface area (Å²) in [5, 5.41) is 12.1. The van der Waals surface area contributed by atoms with Crippen LogP contribution in [0.2, 0.25) is 10.0 Å². The smallest absolute Gasteiger partial charge is 0.266 e. The van der Waals surface area contributed by atoms with E-state index in [1.54, 1.807) is 30.6 Å². The molecule has 0 radical (unpaired) electrons. The Balaban J connectivity index is 1.48. The van der Waals surface area contributed by atoms with Crippen LogP contribution in [0.15, 0.2) is 52.3 Å². The highest BCUT2D eigenvalue weighted by atomic mass is 79.9. The van der Waals surface area contributed by atoms with Crippen LogP contribution in [0, 0.1) is 0 Å². The summed E-state index contributed by atoms with van der Waals surface area (Å²) < 4.78 is 3.99. The van der Waals surface area contributed by atoms with E-state index in [9.17, 15) is 4.79 Å². The van der Waals surface area contributed by atoms with Crippen molar-refractivity contribution in [2.24, 2.45) is 0 Å². The summed E-state index contributed by atoms with van der Waals surface area (Å²) in [6.07, 6.45) is 8.91. The number of para-hydroxylation sites is 1. The fraction of sp³-hybridized carbons (Fsp3) is 0.238. The number of pyridine rings is 1. The van der Waals surface area contributed by atoms with Gasteiger partial charge in [0.25, 0.3) is 5.56 Å². The maximum Gasteiger partial charge on any atom is 0.266 e. The van der Waals surface area contributed by atoms with Crippen LogP contribution in [0.1, 0.15) is 18.9 Å². The fourth-order valence-corrected chi connectivity index (χ4v) is 4.92. The maximum atomic E-state index is 13.1. The summed E-state index contributed by atoms with van der Waals surface area (Å²) in [6, 6.07) is 5.47. The van der Waals surface area contributed by atoms with E-state index >= 15 is 0 Å². The molecule has 3 aromatic heterocycles. The minimum Gasteiger partial charge on any atom is -0.321 e. The molecule has 0 amide bonds. The first-order valence-electron chi connectivity index (χ1n) is 10.1. The second-order valence-corrected chi connectivity index (χ2v) is 9.16. The number of hydrogen-bond donors (Lipinski definition) is 2. The zero-order valence-corrected chi connectivity index (χ0v) is 19.8. The zero-order chi connectivity index (χ0) is 22.2. The van der Waals surface area contributed by atoms with Crippen LogP contribution in [0.25, 0.3) is 16.6 Å². The van der Waals surface area contributed by atoms with Gasteiger partial charge in [0.1, 0.15) is 0 Å². The summed E-state index contributed by atoms with van der Waals surface area (Å²) in [5.74, 6) is 0.371. The molecular weight excluding hydrogens is 517 g/mol. The van der Waals surface area contributed by atoms with E-state index in [0.717, 1.165) is 31.6 Å². The van der Waals surface area contributed by atoms with Crippen LogP contribution < -0.4 is 16.2 Å². The van der Waals surface area contributed by atoms with Gasteiger partial charge in [-0.15, -0.1) is 0 Å². The highest BCUT2D eigenvalue weighted by molar-refractivity contribution is 9.10. The minimum atomic E-state index is -0.316. The average molecular weight is 535 g/mol. The number of fused-ring (bicyclic) bond motifs is 1. The molecule has 1 aromatic carbocycles. The van der Waals surface area contributed by atoms with Crippen LogP contribution in [0.3, 0.4) is 0 Å². The van der Waals surface area contributed by atoms with E-state index in [0.29, 0.717) is 43.1 Å². The van der Waals surface area contributed by atoms with Crippen LogP contribution in [-0.4, -0.2) is 37.4 Å². The number of halogens is 3. The Hall–Kier alpha value is -2.46. The van der Waals surface area contributed by atoms with Crippen molar-refractivity contribution < 1.29 is 0 Å². The first kappa shape index (κ1) is 21.4. The van der Waals surface area contributed by atoms with Gasteiger partial charge in [-0.05, 0) is 54.0 Å². The molecule has 164 valence electrons. The molecule has 0 atom stereocenters. The Labute approximate surface area is 201 Å². The number of aromatic nitrogens is 5. The van der Waals surface area contributed by atoms with Crippen molar-refractivity contribution in [3.05, 3.63) is 67.9 Å². The third-order valence-corrected chi connectivity index (χ3v) is 6.62. The third-order valence-electron chi connectivity index (χ3n) is 5.43. The van der Waals surface area contributed by atoms with E-state index in [2.05, 4.69) is 41.6 Å². The van der Waals surface area contributed by atoms with Crippen LogP contribution in [-0.2, 0) is 0 Å². The van der Waals surface area contributed by atoms with Gasteiger partial charge < -0.3 is 10.6 Å². The molecule has 1 saturated heterocycles. The summed E-state index contributed by atoms with van der Waals surface area (Å²) in [7, 11) is 0. The molecule has 5 rings (SSSR count). The molecule has 0 saturated carbocycles. The van der Waals surface area contributed by atoms with Crippen molar-refractivity contribution in [3.63, 3.8) is 0 Å². The number of nitrogens with one attached hydrogen (secondary N) is 2. The SMILES string of the molecule is O=c1c2cnc(Nc3cnn(C4CCNCC4)c3)nc2c(Br)cn1-c1c(Cl)cccc1Cl. The lowest BCUT2D eigenvalue weighted by molar-refractivity contribution is 0.343. The molecule has 0 unspecified atom stereocenters. The molecule has 0 bridgehead atoms. The first-order chi connectivity index (χ1) is 15.5. The number of piperidine rings is 1. The minimum absolute atomic E-state index is 0.316.